The maximum Gasteiger partial charge on any atom is 0.264 e. The Labute approximate surface area is 132 Å². The van der Waals surface area contributed by atoms with E-state index in [0.29, 0.717) is 17.8 Å². The zero-order valence-electron chi connectivity index (χ0n) is 11.9. The van der Waals surface area contributed by atoms with Crippen molar-refractivity contribution in [1.82, 2.24) is 9.88 Å². The summed E-state index contributed by atoms with van der Waals surface area (Å²) in [6, 6.07) is 3.63. The van der Waals surface area contributed by atoms with Gasteiger partial charge in [-0.2, -0.15) is 0 Å². The predicted octanol–water partition coefficient (Wildman–Crippen LogP) is 2.52. The molecule has 0 aliphatic carbocycles. The van der Waals surface area contributed by atoms with Gasteiger partial charge in [-0.15, -0.1) is 22.7 Å². The SMILES string of the molecule is Cc1nc(CN(C)C(=O)c2ccc(C#CCCO)s2)cs1. The molecule has 0 unspecified atom stereocenters. The van der Waals surface area contributed by atoms with Gasteiger partial charge >= 0.3 is 0 Å². The van der Waals surface area contributed by atoms with Gasteiger partial charge in [0, 0.05) is 18.8 Å². The molecule has 0 aliphatic rings. The van der Waals surface area contributed by atoms with E-state index in [-0.39, 0.29) is 12.5 Å². The van der Waals surface area contributed by atoms with Crippen molar-refractivity contribution in [3.8, 4) is 11.8 Å². The van der Waals surface area contributed by atoms with E-state index in [1.165, 1.54) is 11.3 Å². The second-order valence-corrected chi connectivity index (χ2v) is 6.60. The van der Waals surface area contributed by atoms with Crippen LogP contribution in [0.3, 0.4) is 0 Å². The Kier molecular flexibility index (Phi) is 5.51. The van der Waals surface area contributed by atoms with Crippen molar-refractivity contribution in [3.05, 3.63) is 38.0 Å². The highest BCUT2D eigenvalue weighted by atomic mass is 32.1. The summed E-state index contributed by atoms with van der Waals surface area (Å²) in [4.78, 5) is 19.8. The van der Waals surface area contributed by atoms with Crippen molar-refractivity contribution >= 4 is 28.6 Å². The number of aromatic nitrogens is 1. The van der Waals surface area contributed by atoms with Crippen LogP contribution in [0.2, 0.25) is 0 Å². The third kappa shape index (κ3) is 4.39. The third-order valence-electron chi connectivity index (χ3n) is 2.68. The number of hydrogen-bond donors (Lipinski definition) is 1. The van der Waals surface area contributed by atoms with Crippen molar-refractivity contribution < 1.29 is 9.90 Å². The fourth-order valence-corrected chi connectivity index (χ4v) is 3.19. The number of hydrogen-bond acceptors (Lipinski definition) is 5. The largest absolute Gasteiger partial charge is 0.395 e. The number of carbonyl (C=O) groups excluding carboxylic acids is 1. The summed E-state index contributed by atoms with van der Waals surface area (Å²) in [6.45, 7) is 2.51. The molecule has 0 spiro atoms. The molecule has 1 amide bonds. The zero-order valence-corrected chi connectivity index (χ0v) is 13.6. The normalized spacial score (nSPS) is 10.0. The Hall–Kier alpha value is -1.68. The van der Waals surface area contributed by atoms with Crippen molar-refractivity contribution in [3.63, 3.8) is 0 Å². The fraction of sp³-hybridized carbons (Fsp3) is 0.333. The van der Waals surface area contributed by atoms with E-state index in [4.69, 9.17) is 5.11 Å². The molecule has 21 heavy (non-hydrogen) atoms. The van der Waals surface area contributed by atoms with Gasteiger partial charge in [0.05, 0.1) is 33.6 Å². The number of nitrogens with zero attached hydrogens (tertiary/aromatic N) is 2. The lowest BCUT2D eigenvalue weighted by molar-refractivity contribution is 0.0788. The van der Waals surface area contributed by atoms with Crippen LogP contribution in [-0.4, -0.2) is 34.6 Å². The summed E-state index contributed by atoms with van der Waals surface area (Å²) >= 11 is 2.96. The summed E-state index contributed by atoms with van der Waals surface area (Å²) in [5, 5.41) is 11.7. The Balaban J connectivity index is 2.01. The molecule has 0 aliphatic heterocycles. The van der Waals surface area contributed by atoms with E-state index in [2.05, 4.69) is 16.8 Å². The number of rotatable bonds is 4. The Morgan fingerprint density at radius 1 is 1.48 bits per heavy atom. The molecule has 110 valence electrons. The lowest BCUT2D eigenvalue weighted by atomic mass is 10.3. The first-order valence-electron chi connectivity index (χ1n) is 6.46. The van der Waals surface area contributed by atoms with Crippen LogP contribution >= 0.6 is 22.7 Å². The van der Waals surface area contributed by atoms with Gasteiger partial charge in [0.25, 0.3) is 5.91 Å². The summed E-state index contributed by atoms with van der Waals surface area (Å²) in [7, 11) is 1.77. The number of aryl methyl sites for hydroxylation is 1. The highest BCUT2D eigenvalue weighted by molar-refractivity contribution is 7.14. The smallest absolute Gasteiger partial charge is 0.264 e. The van der Waals surface area contributed by atoms with Crippen LogP contribution in [0.25, 0.3) is 0 Å². The summed E-state index contributed by atoms with van der Waals surface area (Å²) in [5.74, 6) is 5.77. The van der Waals surface area contributed by atoms with Crippen molar-refractivity contribution in [1.29, 1.82) is 0 Å². The average Bonchev–Trinajstić information content (AvgIpc) is 3.08. The minimum Gasteiger partial charge on any atom is -0.395 e. The highest BCUT2D eigenvalue weighted by Gasteiger charge is 2.15. The predicted molar refractivity (Wildman–Crippen MR) is 85.5 cm³/mol. The molecule has 0 saturated carbocycles. The Morgan fingerprint density at radius 2 is 2.29 bits per heavy atom. The molecular weight excluding hydrogens is 304 g/mol. The molecular formula is C15H16N2O2S2. The quantitative estimate of drug-likeness (QED) is 0.881. The zero-order chi connectivity index (χ0) is 15.2. The van der Waals surface area contributed by atoms with Crippen LogP contribution in [-0.2, 0) is 6.54 Å². The highest BCUT2D eigenvalue weighted by Crippen LogP contribution is 2.18. The van der Waals surface area contributed by atoms with E-state index in [0.717, 1.165) is 15.6 Å². The minimum absolute atomic E-state index is 0.0270. The number of thiophene rings is 1. The summed E-state index contributed by atoms with van der Waals surface area (Å²) < 4.78 is 0. The molecule has 0 atom stereocenters. The van der Waals surface area contributed by atoms with E-state index < -0.39 is 0 Å². The van der Waals surface area contributed by atoms with E-state index in [1.54, 1.807) is 29.4 Å². The second-order valence-electron chi connectivity index (χ2n) is 4.46. The number of thiazole rings is 1. The molecule has 2 aromatic heterocycles. The van der Waals surface area contributed by atoms with Gasteiger partial charge in [-0.25, -0.2) is 4.98 Å². The third-order valence-corrected chi connectivity index (χ3v) is 4.49. The number of amides is 1. The van der Waals surface area contributed by atoms with Gasteiger partial charge in [-0.1, -0.05) is 11.8 Å². The molecule has 0 saturated heterocycles. The first-order valence-corrected chi connectivity index (χ1v) is 8.16. The van der Waals surface area contributed by atoms with Crippen LogP contribution < -0.4 is 0 Å². The van der Waals surface area contributed by atoms with Crippen LogP contribution in [0.5, 0.6) is 0 Å². The minimum atomic E-state index is -0.0270. The number of aliphatic hydroxyl groups excluding tert-OH is 1. The molecule has 0 fully saturated rings. The summed E-state index contributed by atoms with van der Waals surface area (Å²) in [5.41, 5.74) is 0.910. The summed E-state index contributed by atoms with van der Waals surface area (Å²) in [6.07, 6.45) is 0.449. The molecule has 0 radical (unpaired) electrons. The molecule has 0 bridgehead atoms. The standard InChI is InChI=1S/C15H16N2O2S2/c1-11-16-12(10-20-11)9-17(2)15(19)14-7-6-13(21-14)5-3-4-8-18/h6-7,10,18H,4,8-9H2,1-2H3. The van der Waals surface area contributed by atoms with Crippen LogP contribution in [0, 0.1) is 18.8 Å². The average molecular weight is 320 g/mol. The van der Waals surface area contributed by atoms with Crippen molar-refractivity contribution in [2.75, 3.05) is 13.7 Å². The van der Waals surface area contributed by atoms with Gasteiger partial charge in [0.15, 0.2) is 0 Å². The molecule has 6 heteroatoms. The number of aliphatic hydroxyl groups is 1. The number of carbonyl (C=O) groups is 1. The first-order chi connectivity index (χ1) is 10.1. The van der Waals surface area contributed by atoms with Gasteiger partial charge in [0.1, 0.15) is 0 Å². The van der Waals surface area contributed by atoms with Crippen LogP contribution in [0.1, 0.15) is 31.7 Å². The topological polar surface area (TPSA) is 53.4 Å². The van der Waals surface area contributed by atoms with Gasteiger partial charge in [0.2, 0.25) is 0 Å². The van der Waals surface area contributed by atoms with Gasteiger partial charge < -0.3 is 10.0 Å². The van der Waals surface area contributed by atoms with Crippen molar-refractivity contribution in [2.45, 2.75) is 19.9 Å². The molecule has 2 aromatic rings. The maximum atomic E-state index is 12.3. The molecule has 0 aromatic carbocycles. The van der Waals surface area contributed by atoms with Gasteiger partial charge in [-0.05, 0) is 19.1 Å². The lowest BCUT2D eigenvalue weighted by Crippen LogP contribution is -2.25. The monoisotopic (exact) mass is 320 g/mol. The fourth-order valence-electron chi connectivity index (χ4n) is 1.71. The Bertz CT molecular complexity index is 679. The first kappa shape index (κ1) is 15.7. The molecule has 2 rings (SSSR count). The second kappa shape index (κ2) is 7.36. The van der Waals surface area contributed by atoms with Crippen LogP contribution in [0.4, 0.5) is 0 Å². The molecule has 2 heterocycles. The van der Waals surface area contributed by atoms with Gasteiger partial charge in [-0.3, -0.25) is 4.79 Å². The molecule has 4 nitrogen and oxygen atoms in total. The maximum absolute atomic E-state index is 12.3. The molecule has 1 N–H and O–H groups in total. The van der Waals surface area contributed by atoms with Crippen LogP contribution in [0.15, 0.2) is 17.5 Å². The van der Waals surface area contributed by atoms with E-state index >= 15 is 0 Å². The van der Waals surface area contributed by atoms with Crippen molar-refractivity contribution in [2.24, 2.45) is 0 Å². The van der Waals surface area contributed by atoms with E-state index in [1.807, 2.05) is 18.4 Å². The Morgan fingerprint density at radius 3 is 2.95 bits per heavy atom. The lowest BCUT2D eigenvalue weighted by Gasteiger charge is -2.14. The van der Waals surface area contributed by atoms with E-state index in [9.17, 15) is 4.79 Å².